The minimum atomic E-state index is -2.88. The van der Waals surface area contributed by atoms with Crippen LogP contribution >= 0.6 is 0 Å². The zero-order valence-electron chi connectivity index (χ0n) is 8.63. The fourth-order valence-electron chi connectivity index (χ4n) is 2.45. The van der Waals surface area contributed by atoms with Crippen LogP contribution < -0.4 is 0 Å². The van der Waals surface area contributed by atoms with E-state index in [1.807, 2.05) is 0 Å². The third-order valence-corrected chi connectivity index (χ3v) is 6.45. The summed E-state index contributed by atoms with van der Waals surface area (Å²) >= 11 is 0. The van der Waals surface area contributed by atoms with Crippen LogP contribution in [0.2, 0.25) is 0 Å². The van der Waals surface area contributed by atoms with Gasteiger partial charge in [-0.2, -0.15) is 0 Å². The lowest BCUT2D eigenvalue weighted by Gasteiger charge is -2.62. The second-order valence-electron chi connectivity index (χ2n) is 5.85. The lowest BCUT2D eigenvalue weighted by atomic mass is 9.45. The van der Waals surface area contributed by atoms with Gasteiger partial charge >= 0.3 is 0 Å². The first kappa shape index (κ1) is 9.50. The van der Waals surface area contributed by atoms with Crippen molar-refractivity contribution in [3.8, 4) is 0 Å². The molecule has 0 radical (unpaired) electrons. The highest BCUT2D eigenvalue weighted by Crippen LogP contribution is 2.65. The van der Waals surface area contributed by atoms with E-state index in [4.69, 9.17) is 0 Å². The second kappa shape index (κ2) is 2.30. The maximum Gasteiger partial charge on any atom is 0.155 e. The van der Waals surface area contributed by atoms with Gasteiger partial charge in [0, 0.05) is 0 Å². The highest BCUT2D eigenvalue weighted by molar-refractivity contribution is 7.92. The molecule has 2 bridgehead atoms. The SMILES string of the molecule is CC(C)(C)S(=O)(=O)CC12CC(C1)C2. The van der Waals surface area contributed by atoms with Crippen LogP contribution in [0.25, 0.3) is 0 Å². The molecule has 0 N–H and O–H groups in total. The van der Waals surface area contributed by atoms with Crippen molar-refractivity contribution in [3.05, 3.63) is 0 Å². The van der Waals surface area contributed by atoms with Gasteiger partial charge in [-0.1, -0.05) is 0 Å². The molecule has 3 rings (SSSR count). The Morgan fingerprint density at radius 2 is 1.69 bits per heavy atom. The summed E-state index contributed by atoms with van der Waals surface area (Å²) in [6.07, 6.45) is 3.51. The topological polar surface area (TPSA) is 34.1 Å². The zero-order valence-corrected chi connectivity index (χ0v) is 9.45. The van der Waals surface area contributed by atoms with E-state index in [0.717, 1.165) is 5.92 Å². The summed E-state index contributed by atoms with van der Waals surface area (Å²) in [7, 11) is -2.88. The molecule has 2 nitrogen and oxygen atoms in total. The van der Waals surface area contributed by atoms with Crippen LogP contribution in [0.3, 0.4) is 0 Å². The first-order chi connectivity index (χ1) is 5.74. The van der Waals surface area contributed by atoms with Crippen molar-refractivity contribution in [2.24, 2.45) is 11.3 Å². The van der Waals surface area contributed by atoms with Crippen molar-refractivity contribution in [2.45, 2.75) is 44.8 Å². The summed E-state index contributed by atoms with van der Waals surface area (Å²) < 4.78 is 23.2. The fraction of sp³-hybridized carbons (Fsp3) is 1.00. The van der Waals surface area contributed by atoms with Crippen LogP contribution in [-0.4, -0.2) is 18.9 Å². The molecule has 0 aromatic heterocycles. The molecule has 0 aliphatic heterocycles. The molecule has 3 aliphatic carbocycles. The van der Waals surface area contributed by atoms with Crippen LogP contribution in [0.5, 0.6) is 0 Å². The molecule has 0 saturated heterocycles. The van der Waals surface area contributed by atoms with Gasteiger partial charge in [0.25, 0.3) is 0 Å². The van der Waals surface area contributed by atoms with Crippen molar-refractivity contribution < 1.29 is 8.42 Å². The molecule has 0 aromatic rings. The van der Waals surface area contributed by atoms with Crippen LogP contribution in [0.1, 0.15) is 40.0 Å². The second-order valence-corrected chi connectivity index (χ2v) is 8.59. The Bertz CT molecular complexity index is 304. The van der Waals surface area contributed by atoms with E-state index in [0.29, 0.717) is 5.75 Å². The normalized spacial score (nSPS) is 37.9. The van der Waals surface area contributed by atoms with Crippen LogP contribution in [-0.2, 0) is 9.84 Å². The number of sulfone groups is 1. The average molecular weight is 202 g/mol. The van der Waals surface area contributed by atoms with E-state index in [-0.39, 0.29) is 5.41 Å². The van der Waals surface area contributed by atoms with Gasteiger partial charge in [0.1, 0.15) is 0 Å². The third kappa shape index (κ3) is 1.32. The summed E-state index contributed by atoms with van der Waals surface area (Å²) in [6.45, 7) is 5.40. The van der Waals surface area contributed by atoms with Gasteiger partial charge in [-0.15, -0.1) is 0 Å². The van der Waals surface area contributed by atoms with Crippen molar-refractivity contribution in [3.63, 3.8) is 0 Å². The maximum absolute atomic E-state index is 11.9. The van der Waals surface area contributed by atoms with Gasteiger partial charge in [-0.25, -0.2) is 8.42 Å². The lowest BCUT2D eigenvalue weighted by molar-refractivity contribution is -0.0850. The monoisotopic (exact) mass is 202 g/mol. The largest absolute Gasteiger partial charge is 0.228 e. The molecular formula is C10H18O2S. The summed E-state index contributed by atoms with van der Waals surface area (Å²) in [5, 5.41) is 0. The molecule has 3 heteroatoms. The Labute approximate surface area is 80.6 Å². The molecule has 0 aromatic carbocycles. The Morgan fingerprint density at radius 1 is 1.23 bits per heavy atom. The van der Waals surface area contributed by atoms with E-state index in [2.05, 4.69) is 0 Å². The Balaban J connectivity index is 2.09. The lowest BCUT2D eigenvalue weighted by Crippen LogP contribution is -2.57. The van der Waals surface area contributed by atoms with E-state index in [9.17, 15) is 8.42 Å². The molecule has 3 aliphatic rings. The minimum absolute atomic E-state index is 0.219. The molecule has 0 unspecified atom stereocenters. The van der Waals surface area contributed by atoms with E-state index >= 15 is 0 Å². The Hall–Kier alpha value is -0.0500. The van der Waals surface area contributed by atoms with Crippen molar-refractivity contribution >= 4 is 9.84 Å². The minimum Gasteiger partial charge on any atom is -0.228 e. The van der Waals surface area contributed by atoms with Gasteiger partial charge in [0.2, 0.25) is 0 Å². The Morgan fingerprint density at radius 3 is 1.92 bits per heavy atom. The molecule has 0 atom stereocenters. The van der Waals surface area contributed by atoms with Crippen LogP contribution in [0.15, 0.2) is 0 Å². The highest BCUT2D eigenvalue weighted by Gasteiger charge is 2.58. The third-order valence-electron chi connectivity index (χ3n) is 3.59. The number of hydrogen-bond acceptors (Lipinski definition) is 2. The molecule has 76 valence electrons. The summed E-state index contributed by atoms with van der Waals surface area (Å²) in [4.78, 5) is 0. The van der Waals surface area contributed by atoms with E-state index in [1.165, 1.54) is 19.3 Å². The molecular weight excluding hydrogens is 184 g/mol. The Kier molecular flexibility index (Phi) is 1.68. The van der Waals surface area contributed by atoms with Gasteiger partial charge < -0.3 is 0 Å². The molecule has 0 heterocycles. The van der Waals surface area contributed by atoms with Gasteiger partial charge in [-0.05, 0) is 51.4 Å². The first-order valence-corrected chi connectivity index (χ1v) is 6.62. The zero-order chi connectivity index (χ0) is 9.91. The smallest absolute Gasteiger partial charge is 0.155 e. The first-order valence-electron chi connectivity index (χ1n) is 4.97. The van der Waals surface area contributed by atoms with Crippen LogP contribution in [0, 0.1) is 11.3 Å². The average Bonchev–Trinajstić information content (AvgIpc) is 1.73. The molecule has 3 fully saturated rings. The fourth-order valence-corrected chi connectivity index (χ4v) is 4.05. The molecule has 13 heavy (non-hydrogen) atoms. The number of rotatable bonds is 2. The van der Waals surface area contributed by atoms with E-state index in [1.54, 1.807) is 20.8 Å². The summed E-state index contributed by atoms with van der Waals surface area (Å²) in [5.41, 5.74) is 0.219. The summed E-state index contributed by atoms with van der Waals surface area (Å²) in [5.74, 6) is 1.30. The number of hydrogen-bond donors (Lipinski definition) is 0. The van der Waals surface area contributed by atoms with Gasteiger partial charge in [0.15, 0.2) is 9.84 Å². The van der Waals surface area contributed by atoms with Crippen molar-refractivity contribution in [2.75, 3.05) is 5.75 Å². The van der Waals surface area contributed by atoms with Crippen LogP contribution in [0.4, 0.5) is 0 Å². The van der Waals surface area contributed by atoms with Gasteiger partial charge in [0.05, 0.1) is 10.5 Å². The van der Waals surface area contributed by atoms with Crippen molar-refractivity contribution in [1.82, 2.24) is 0 Å². The van der Waals surface area contributed by atoms with Crippen molar-refractivity contribution in [1.29, 1.82) is 0 Å². The molecule has 0 amide bonds. The maximum atomic E-state index is 11.9. The van der Waals surface area contributed by atoms with Gasteiger partial charge in [-0.3, -0.25) is 0 Å². The quantitative estimate of drug-likeness (QED) is 0.686. The predicted octanol–water partition coefficient (Wildman–Crippen LogP) is 2.00. The summed E-state index contributed by atoms with van der Waals surface area (Å²) in [6, 6.07) is 0. The molecule has 3 saturated carbocycles. The van der Waals surface area contributed by atoms with E-state index < -0.39 is 14.6 Å². The predicted molar refractivity (Wildman–Crippen MR) is 53.3 cm³/mol. The standard InChI is InChI=1S/C10H18O2S/c1-9(2,3)13(11,12)7-10-4-8(5-10)6-10/h8H,4-7H2,1-3H3. The highest BCUT2D eigenvalue weighted by atomic mass is 32.2. The molecule has 0 spiro atoms.